The molecule has 1 aliphatic heterocycles. The largest absolute Gasteiger partial charge is 0.323 e. The standard InChI is InChI=1S/C16H22N4O/c1-12-5-4-6-14(13(12)11-17)19-15(21)16(2,3)20-9-7-18-8-10-20/h4-6,18H,7-10H2,1-3H3,(H,19,21). The number of amides is 1. The Morgan fingerprint density at radius 1 is 1.38 bits per heavy atom. The van der Waals surface area contributed by atoms with Crippen LogP contribution in [-0.2, 0) is 4.79 Å². The van der Waals surface area contributed by atoms with Crippen molar-refractivity contribution in [2.45, 2.75) is 26.3 Å². The third-order valence-electron chi connectivity index (χ3n) is 4.10. The van der Waals surface area contributed by atoms with Crippen molar-refractivity contribution >= 4 is 11.6 Å². The zero-order valence-corrected chi connectivity index (χ0v) is 12.9. The molecule has 2 N–H and O–H groups in total. The fourth-order valence-corrected chi connectivity index (χ4v) is 2.56. The number of rotatable bonds is 3. The Morgan fingerprint density at radius 2 is 2.05 bits per heavy atom. The van der Waals surface area contributed by atoms with Gasteiger partial charge in [0, 0.05) is 26.2 Å². The van der Waals surface area contributed by atoms with Gasteiger partial charge in [-0.1, -0.05) is 12.1 Å². The molecule has 21 heavy (non-hydrogen) atoms. The fourth-order valence-electron chi connectivity index (χ4n) is 2.56. The summed E-state index contributed by atoms with van der Waals surface area (Å²) in [5.74, 6) is -0.0773. The van der Waals surface area contributed by atoms with Gasteiger partial charge in [-0.2, -0.15) is 5.26 Å². The molecule has 1 fully saturated rings. The number of hydrogen-bond donors (Lipinski definition) is 2. The van der Waals surface area contributed by atoms with Gasteiger partial charge < -0.3 is 10.6 Å². The fraction of sp³-hybridized carbons (Fsp3) is 0.500. The molecule has 2 rings (SSSR count). The van der Waals surface area contributed by atoms with Crippen molar-refractivity contribution in [3.05, 3.63) is 29.3 Å². The van der Waals surface area contributed by atoms with Crippen LogP contribution in [0.25, 0.3) is 0 Å². The second kappa shape index (κ2) is 6.25. The van der Waals surface area contributed by atoms with Gasteiger partial charge in [-0.15, -0.1) is 0 Å². The van der Waals surface area contributed by atoms with Gasteiger partial charge in [0.25, 0.3) is 0 Å². The Morgan fingerprint density at radius 3 is 2.67 bits per heavy atom. The smallest absolute Gasteiger partial charge is 0.244 e. The van der Waals surface area contributed by atoms with Gasteiger partial charge in [0.05, 0.1) is 16.8 Å². The van der Waals surface area contributed by atoms with E-state index in [9.17, 15) is 10.1 Å². The number of nitrogens with zero attached hydrogens (tertiary/aromatic N) is 2. The molecule has 1 saturated heterocycles. The average molecular weight is 286 g/mol. The predicted octanol–water partition coefficient (Wildman–Crippen LogP) is 1.49. The summed E-state index contributed by atoms with van der Waals surface area (Å²) in [7, 11) is 0. The van der Waals surface area contributed by atoms with E-state index in [1.54, 1.807) is 6.07 Å². The van der Waals surface area contributed by atoms with Gasteiger partial charge in [0.15, 0.2) is 0 Å². The Bertz CT molecular complexity index is 568. The highest BCUT2D eigenvalue weighted by molar-refractivity contribution is 5.98. The van der Waals surface area contributed by atoms with Crippen LogP contribution < -0.4 is 10.6 Å². The summed E-state index contributed by atoms with van der Waals surface area (Å²) >= 11 is 0. The van der Waals surface area contributed by atoms with Crippen LogP contribution in [0.1, 0.15) is 25.0 Å². The molecule has 112 valence electrons. The number of benzene rings is 1. The lowest BCUT2D eigenvalue weighted by molar-refractivity contribution is -0.126. The molecule has 5 heteroatoms. The van der Waals surface area contributed by atoms with Crippen LogP contribution in [0, 0.1) is 18.3 Å². The molecule has 1 aliphatic rings. The van der Waals surface area contributed by atoms with E-state index in [4.69, 9.17) is 0 Å². The minimum Gasteiger partial charge on any atom is -0.323 e. The molecule has 1 aromatic rings. The Kier molecular flexibility index (Phi) is 4.61. The lowest BCUT2D eigenvalue weighted by atomic mass is 9.99. The first-order valence-corrected chi connectivity index (χ1v) is 7.23. The van der Waals surface area contributed by atoms with Gasteiger partial charge in [0.1, 0.15) is 6.07 Å². The number of piperazine rings is 1. The van der Waals surface area contributed by atoms with E-state index in [0.717, 1.165) is 31.7 Å². The summed E-state index contributed by atoms with van der Waals surface area (Å²) in [6, 6.07) is 7.66. The third-order valence-corrected chi connectivity index (χ3v) is 4.10. The number of nitrogens with one attached hydrogen (secondary N) is 2. The van der Waals surface area contributed by atoms with Crippen LogP contribution in [-0.4, -0.2) is 42.5 Å². The molecule has 0 aromatic heterocycles. The molecule has 0 unspecified atom stereocenters. The van der Waals surface area contributed by atoms with E-state index in [1.165, 1.54) is 0 Å². The quantitative estimate of drug-likeness (QED) is 0.883. The highest BCUT2D eigenvalue weighted by Gasteiger charge is 2.35. The number of aryl methyl sites for hydroxylation is 1. The van der Waals surface area contributed by atoms with Crippen molar-refractivity contribution in [1.82, 2.24) is 10.2 Å². The summed E-state index contributed by atoms with van der Waals surface area (Å²) in [6.07, 6.45) is 0. The lowest BCUT2D eigenvalue weighted by Gasteiger charge is -2.39. The molecule has 5 nitrogen and oxygen atoms in total. The van der Waals surface area contributed by atoms with E-state index in [2.05, 4.69) is 21.6 Å². The van der Waals surface area contributed by atoms with Gasteiger partial charge in [-0.05, 0) is 32.4 Å². The van der Waals surface area contributed by atoms with Crippen molar-refractivity contribution in [2.24, 2.45) is 0 Å². The topological polar surface area (TPSA) is 68.2 Å². The summed E-state index contributed by atoms with van der Waals surface area (Å²) in [6.45, 7) is 9.20. The number of carbonyl (C=O) groups excluding carboxylic acids is 1. The predicted molar refractivity (Wildman–Crippen MR) is 83.0 cm³/mol. The van der Waals surface area contributed by atoms with Crippen LogP contribution in [0.15, 0.2) is 18.2 Å². The summed E-state index contributed by atoms with van der Waals surface area (Å²) in [5.41, 5.74) is 1.39. The average Bonchev–Trinajstić information content (AvgIpc) is 2.48. The third kappa shape index (κ3) is 3.23. The summed E-state index contributed by atoms with van der Waals surface area (Å²) in [5, 5.41) is 15.4. The monoisotopic (exact) mass is 286 g/mol. The molecular weight excluding hydrogens is 264 g/mol. The molecule has 0 spiro atoms. The minimum absolute atomic E-state index is 0.0773. The molecule has 1 heterocycles. The second-order valence-electron chi connectivity index (χ2n) is 5.86. The van der Waals surface area contributed by atoms with Crippen molar-refractivity contribution in [3.63, 3.8) is 0 Å². The van der Waals surface area contributed by atoms with Crippen LogP contribution in [0.4, 0.5) is 5.69 Å². The van der Waals surface area contributed by atoms with E-state index in [1.807, 2.05) is 32.9 Å². The maximum atomic E-state index is 12.6. The minimum atomic E-state index is -0.599. The molecule has 0 bridgehead atoms. The van der Waals surface area contributed by atoms with E-state index in [0.29, 0.717) is 11.3 Å². The van der Waals surface area contributed by atoms with Gasteiger partial charge in [-0.25, -0.2) is 0 Å². The maximum absolute atomic E-state index is 12.6. The first-order valence-electron chi connectivity index (χ1n) is 7.23. The molecule has 1 amide bonds. The maximum Gasteiger partial charge on any atom is 0.244 e. The number of carbonyl (C=O) groups is 1. The number of hydrogen-bond acceptors (Lipinski definition) is 4. The first kappa shape index (κ1) is 15.5. The highest BCUT2D eigenvalue weighted by atomic mass is 16.2. The Hall–Kier alpha value is -1.90. The molecule has 0 aliphatic carbocycles. The molecule has 0 radical (unpaired) electrons. The van der Waals surface area contributed by atoms with Crippen LogP contribution in [0.2, 0.25) is 0 Å². The summed E-state index contributed by atoms with van der Waals surface area (Å²) < 4.78 is 0. The molecular formula is C16H22N4O. The normalized spacial score (nSPS) is 16.3. The Labute approximate surface area is 125 Å². The molecule has 0 saturated carbocycles. The van der Waals surface area contributed by atoms with E-state index < -0.39 is 5.54 Å². The van der Waals surface area contributed by atoms with Crippen molar-refractivity contribution < 1.29 is 4.79 Å². The second-order valence-corrected chi connectivity index (χ2v) is 5.86. The van der Waals surface area contributed by atoms with Crippen LogP contribution >= 0.6 is 0 Å². The molecule has 0 atom stereocenters. The zero-order chi connectivity index (χ0) is 15.5. The zero-order valence-electron chi connectivity index (χ0n) is 12.9. The highest BCUT2D eigenvalue weighted by Crippen LogP contribution is 2.22. The number of anilines is 1. The lowest BCUT2D eigenvalue weighted by Crippen LogP contribution is -2.58. The SMILES string of the molecule is Cc1cccc(NC(=O)C(C)(C)N2CCNCC2)c1C#N. The summed E-state index contributed by atoms with van der Waals surface area (Å²) in [4.78, 5) is 14.8. The van der Waals surface area contributed by atoms with Gasteiger partial charge in [-0.3, -0.25) is 9.69 Å². The van der Waals surface area contributed by atoms with E-state index in [-0.39, 0.29) is 5.91 Å². The number of nitriles is 1. The van der Waals surface area contributed by atoms with Crippen molar-refractivity contribution in [3.8, 4) is 6.07 Å². The van der Waals surface area contributed by atoms with Crippen molar-refractivity contribution in [2.75, 3.05) is 31.5 Å². The van der Waals surface area contributed by atoms with Crippen LogP contribution in [0.5, 0.6) is 0 Å². The van der Waals surface area contributed by atoms with Crippen LogP contribution in [0.3, 0.4) is 0 Å². The van der Waals surface area contributed by atoms with Gasteiger partial charge >= 0.3 is 0 Å². The van der Waals surface area contributed by atoms with Crippen molar-refractivity contribution in [1.29, 1.82) is 5.26 Å². The van der Waals surface area contributed by atoms with E-state index >= 15 is 0 Å². The Balaban J connectivity index is 2.17. The van der Waals surface area contributed by atoms with Gasteiger partial charge in [0.2, 0.25) is 5.91 Å². The molecule has 1 aromatic carbocycles. The first-order chi connectivity index (χ1) is 9.96.